The highest BCUT2D eigenvalue weighted by atomic mass is 19.2. The summed E-state index contributed by atoms with van der Waals surface area (Å²) in [5.74, 6) is -1.63. The summed E-state index contributed by atoms with van der Waals surface area (Å²) in [5, 5.41) is 0. The van der Waals surface area contributed by atoms with Gasteiger partial charge in [-0.15, -0.1) is 0 Å². The Balaban J connectivity index is 2.08. The third-order valence-corrected chi connectivity index (χ3v) is 2.90. The summed E-state index contributed by atoms with van der Waals surface area (Å²) in [6.45, 7) is 2.51. The van der Waals surface area contributed by atoms with Crippen molar-refractivity contribution in [1.29, 1.82) is 0 Å². The predicted octanol–water partition coefficient (Wildman–Crippen LogP) is 1.52. The van der Waals surface area contributed by atoms with Crippen LogP contribution in [-0.4, -0.2) is 32.3 Å². The maximum Gasteiger partial charge on any atom is 0.160 e. The number of ether oxygens (including phenoxy) is 1. The van der Waals surface area contributed by atoms with E-state index in [4.69, 9.17) is 10.5 Å². The van der Waals surface area contributed by atoms with Gasteiger partial charge < -0.3 is 15.4 Å². The summed E-state index contributed by atoms with van der Waals surface area (Å²) in [4.78, 5) is 1.99. The second kappa shape index (κ2) is 5.42. The normalized spacial score (nSPS) is 20.6. The summed E-state index contributed by atoms with van der Waals surface area (Å²) in [6, 6.07) is 3.96. The number of nitrogens with two attached hydrogens (primary N) is 1. The SMILES string of the molecule is NCCC1CN(c2ccc(F)c(F)c2)CCO1. The highest BCUT2D eigenvalue weighted by molar-refractivity contribution is 5.47. The largest absolute Gasteiger partial charge is 0.374 e. The van der Waals surface area contributed by atoms with Crippen molar-refractivity contribution < 1.29 is 13.5 Å². The minimum absolute atomic E-state index is 0.0712. The molecule has 0 spiro atoms. The van der Waals surface area contributed by atoms with E-state index in [-0.39, 0.29) is 6.10 Å². The molecule has 1 fully saturated rings. The number of benzene rings is 1. The van der Waals surface area contributed by atoms with Gasteiger partial charge in [0.15, 0.2) is 11.6 Å². The van der Waals surface area contributed by atoms with Gasteiger partial charge in [-0.1, -0.05) is 0 Å². The lowest BCUT2D eigenvalue weighted by Crippen LogP contribution is -2.43. The lowest BCUT2D eigenvalue weighted by Gasteiger charge is -2.34. The van der Waals surface area contributed by atoms with Gasteiger partial charge >= 0.3 is 0 Å². The topological polar surface area (TPSA) is 38.5 Å². The minimum atomic E-state index is -0.819. The van der Waals surface area contributed by atoms with Gasteiger partial charge in [0.2, 0.25) is 0 Å². The highest BCUT2D eigenvalue weighted by Crippen LogP contribution is 2.21. The molecule has 1 saturated heterocycles. The van der Waals surface area contributed by atoms with Gasteiger partial charge in [0, 0.05) is 24.8 Å². The quantitative estimate of drug-likeness (QED) is 0.873. The van der Waals surface area contributed by atoms with E-state index in [0.29, 0.717) is 31.9 Å². The molecule has 0 aliphatic carbocycles. The first-order chi connectivity index (χ1) is 8.20. The highest BCUT2D eigenvalue weighted by Gasteiger charge is 2.20. The molecule has 5 heteroatoms. The van der Waals surface area contributed by atoms with Gasteiger partial charge in [-0.3, -0.25) is 0 Å². The Bertz CT molecular complexity index is 385. The van der Waals surface area contributed by atoms with E-state index < -0.39 is 11.6 Å². The summed E-state index contributed by atoms with van der Waals surface area (Å²) in [6.07, 6.45) is 0.849. The van der Waals surface area contributed by atoms with Crippen molar-refractivity contribution >= 4 is 5.69 Å². The number of anilines is 1. The predicted molar refractivity (Wildman–Crippen MR) is 62.0 cm³/mol. The number of morpholine rings is 1. The average Bonchev–Trinajstić information content (AvgIpc) is 2.33. The maximum absolute atomic E-state index is 13.1. The maximum atomic E-state index is 13.1. The monoisotopic (exact) mass is 242 g/mol. The first-order valence-electron chi connectivity index (χ1n) is 5.72. The van der Waals surface area contributed by atoms with Gasteiger partial charge in [-0.05, 0) is 25.1 Å². The summed E-state index contributed by atoms with van der Waals surface area (Å²) < 4.78 is 31.5. The molecule has 1 aromatic carbocycles. The molecular formula is C12H16F2N2O. The Labute approximate surface area is 99.2 Å². The molecular weight excluding hydrogens is 226 g/mol. The molecule has 3 nitrogen and oxygen atoms in total. The molecule has 2 N–H and O–H groups in total. The zero-order valence-electron chi connectivity index (χ0n) is 9.53. The van der Waals surface area contributed by atoms with Crippen LogP contribution in [0.3, 0.4) is 0 Å². The van der Waals surface area contributed by atoms with E-state index >= 15 is 0 Å². The number of hydrogen-bond acceptors (Lipinski definition) is 3. The van der Waals surface area contributed by atoms with Gasteiger partial charge in [0.1, 0.15) is 0 Å². The minimum Gasteiger partial charge on any atom is -0.374 e. The molecule has 0 amide bonds. The third-order valence-electron chi connectivity index (χ3n) is 2.90. The summed E-state index contributed by atoms with van der Waals surface area (Å²) in [5.41, 5.74) is 6.17. The van der Waals surface area contributed by atoms with E-state index in [1.54, 1.807) is 6.07 Å². The second-order valence-corrected chi connectivity index (χ2v) is 4.11. The fourth-order valence-electron chi connectivity index (χ4n) is 2.00. The fraction of sp³-hybridized carbons (Fsp3) is 0.500. The van der Waals surface area contributed by atoms with Crippen molar-refractivity contribution in [2.45, 2.75) is 12.5 Å². The lowest BCUT2D eigenvalue weighted by molar-refractivity contribution is 0.0368. The second-order valence-electron chi connectivity index (χ2n) is 4.11. The first-order valence-corrected chi connectivity index (χ1v) is 5.72. The van der Waals surface area contributed by atoms with Crippen LogP contribution >= 0.6 is 0 Å². The van der Waals surface area contributed by atoms with Crippen LogP contribution in [0.1, 0.15) is 6.42 Å². The Morgan fingerprint density at radius 2 is 2.18 bits per heavy atom. The third kappa shape index (κ3) is 2.92. The van der Waals surface area contributed by atoms with Gasteiger partial charge in [-0.25, -0.2) is 8.78 Å². The molecule has 0 aromatic heterocycles. The van der Waals surface area contributed by atoms with E-state index in [1.807, 2.05) is 4.90 Å². The molecule has 17 heavy (non-hydrogen) atoms. The van der Waals surface area contributed by atoms with Crippen molar-refractivity contribution in [3.8, 4) is 0 Å². The van der Waals surface area contributed by atoms with E-state index in [1.165, 1.54) is 6.07 Å². The van der Waals surface area contributed by atoms with Crippen LogP contribution < -0.4 is 10.6 Å². The number of halogens is 2. The van der Waals surface area contributed by atoms with E-state index in [9.17, 15) is 8.78 Å². The zero-order chi connectivity index (χ0) is 12.3. The Kier molecular flexibility index (Phi) is 3.91. The van der Waals surface area contributed by atoms with Crippen molar-refractivity contribution in [3.63, 3.8) is 0 Å². The molecule has 1 aliphatic rings. The van der Waals surface area contributed by atoms with Crippen LogP contribution in [0, 0.1) is 11.6 Å². The van der Waals surface area contributed by atoms with E-state index in [0.717, 1.165) is 12.5 Å². The molecule has 2 rings (SSSR count). The zero-order valence-corrected chi connectivity index (χ0v) is 9.53. The summed E-state index contributed by atoms with van der Waals surface area (Å²) >= 11 is 0. The first kappa shape index (κ1) is 12.3. The van der Waals surface area contributed by atoms with Crippen molar-refractivity contribution in [3.05, 3.63) is 29.8 Å². The molecule has 1 aromatic rings. The van der Waals surface area contributed by atoms with Crippen LogP contribution in [0.4, 0.5) is 14.5 Å². The molecule has 94 valence electrons. The Hall–Kier alpha value is -1.20. The Morgan fingerprint density at radius 3 is 2.88 bits per heavy atom. The van der Waals surface area contributed by atoms with Crippen molar-refractivity contribution in [1.82, 2.24) is 0 Å². The fourth-order valence-corrected chi connectivity index (χ4v) is 2.00. The molecule has 0 saturated carbocycles. The number of rotatable bonds is 3. The van der Waals surface area contributed by atoms with Crippen LogP contribution in [0.2, 0.25) is 0 Å². The van der Waals surface area contributed by atoms with Crippen LogP contribution in [0.15, 0.2) is 18.2 Å². The average molecular weight is 242 g/mol. The van der Waals surface area contributed by atoms with Crippen molar-refractivity contribution in [2.75, 3.05) is 31.1 Å². The Morgan fingerprint density at radius 1 is 1.35 bits per heavy atom. The molecule has 0 bridgehead atoms. The lowest BCUT2D eigenvalue weighted by atomic mass is 10.2. The molecule has 0 radical (unpaired) electrons. The molecule has 1 aliphatic heterocycles. The van der Waals surface area contributed by atoms with Gasteiger partial charge in [-0.2, -0.15) is 0 Å². The van der Waals surface area contributed by atoms with E-state index in [2.05, 4.69) is 0 Å². The molecule has 1 atom stereocenters. The standard InChI is InChI=1S/C12H16F2N2O/c13-11-2-1-9(7-12(11)14)16-5-6-17-10(8-16)3-4-15/h1-2,7,10H,3-6,8,15H2. The summed E-state index contributed by atoms with van der Waals surface area (Å²) in [7, 11) is 0. The number of nitrogens with zero attached hydrogens (tertiary/aromatic N) is 1. The van der Waals surface area contributed by atoms with Crippen molar-refractivity contribution in [2.24, 2.45) is 5.73 Å². The van der Waals surface area contributed by atoms with Crippen LogP contribution in [0.5, 0.6) is 0 Å². The van der Waals surface area contributed by atoms with Gasteiger partial charge in [0.25, 0.3) is 0 Å². The van der Waals surface area contributed by atoms with Gasteiger partial charge in [0.05, 0.1) is 12.7 Å². The number of hydrogen-bond donors (Lipinski definition) is 1. The molecule has 1 unspecified atom stereocenters. The molecule has 1 heterocycles. The smallest absolute Gasteiger partial charge is 0.160 e. The van der Waals surface area contributed by atoms with Crippen LogP contribution in [-0.2, 0) is 4.74 Å². The van der Waals surface area contributed by atoms with Crippen LogP contribution in [0.25, 0.3) is 0 Å².